The van der Waals surface area contributed by atoms with Gasteiger partial charge in [-0.15, -0.1) is 11.3 Å². The quantitative estimate of drug-likeness (QED) is 0.297. The van der Waals surface area contributed by atoms with Crippen molar-refractivity contribution in [2.45, 2.75) is 19.5 Å². The molecule has 1 saturated heterocycles. The smallest absolute Gasteiger partial charge is 0.295 e. The Hall–Kier alpha value is -3.29. The number of phenolic OH excluding ortho intramolecular Hbond substituents is 1. The molecule has 1 aromatic heterocycles. The summed E-state index contributed by atoms with van der Waals surface area (Å²) in [5.41, 5.74) is 0.723. The largest absolute Gasteiger partial charge is 0.508 e. The van der Waals surface area contributed by atoms with Gasteiger partial charge in [0.25, 0.3) is 11.7 Å². The van der Waals surface area contributed by atoms with Crippen LogP contribution in [0.1, 0.15) is 29.0 Å². The highest BCUT2D eigenvalue weighted by atomic mass is 35.5. The lowest BCUT2D eigenvalue weighted by Gasteiger charge is -2.25. The molecule has 2 aromatic carbocycles. The first-order chi connectivity index (χ1) is 15.4. The molecule has 0 spiro atoms. The number of carbonyl (C=O) groups is 2. The van der Waals surface area contributed by atoms with E-state index < -0.39 is 17.7 Å². The molecule has 2 N–H and O–H groups in total. The zero-order chi connectivity index (χ0) is 22.8. The summed E-state index contributed by atoms with van der Waals surface area (Å²) in [5, 5.41) is 23.0. The molecule has 0 bridgehead atoms. The zero-order valence-corrected chi connectivity index (χ0v) is 18.7. The van der Waals surface area contributed by atoms with Crippen molar-refractivity contribution in [3.63, 3.8) is 0 Å². The summed E-state index contributed by atoms with van der Waals surface area (Å²) in [7, 11) is 0. The van der Waals surface area contributed by atoms with Crippen molar-refractivity contribution in [3.05, 3.63) is 86.6 Å². The number of ketones is 1. The number of rotatable bonds is 6. The summed E-state index contributed by atoms with van der Waals surface area (Å²) < 4.78 is 5.50. The maximum atomic E-state index is 13.1. The van der Waals surface area contributed by atoms with E-state index in [1.54, 1.807) is 30.3 Å². The fourth-order valence-corrected chi connectivity index (χ4v) is 4.61. The van der Waals surface area contributed by atoms with Crippen LogP contribution in [0.2, 0.25) is 5.02 Å². The topological polar surface area (TPSA) is 87.1 Å². The van der Waals surface area contributed by atoms with E-state index in [0.29, 0.717) is 17.9 Å². The maximum Gasteiger partial charge on any atom is 0.295 e. The molecule has 0 radical (unpaired) electrons. The van der Waals surface area contributed by atoms with Crippen molar-refractivity contribution >= 4 is 40.4 Å². The van der Waals surface area contributed by atoms with Crippen LogP contribution in [0.25, 0.3) is 5.76 Å². The number of thiophene rings is 1. The normalized spacial score (nSPS) is 17.7. The van der Waals surface area contributed by atoms with Crippen LogP contribution in [0.4, 0.5) is 0 Å². The second-order valence-electron chi connectivity index (χ2n) is 7.17. The van der Waals surface area contributed by atoms with Crippen molar-refractivity contribution in [2.24, 2.45) is 0 Å². The van der Waals surface area contributed by atoms with Gasteiger partial charge in [-0.3, -0.25) is 9.59 Å². The number of Topliss-reactive ketones (excluding diaryl/α,β-unsaturated/α-hetero) is 1. The number of ether oxygens (including phenoxy) is 1. The first kappa shape index (κ1) is 21.9. The van der Waals surface area contributed by atoms with Crippen LogP contribution < -0.4 is 4.74 Å². The van der Waals surface area contributed by atoms with Gasteiger partial charge in [-0.1, -0.05) is 29.8 Å². The third-order valence-electron chi connectivity index (χ3n) is 5.16. The molecular formula is C24H20ClNO5S. The van der Waals surface area contributed by atoms with E-state index in [1.165, 1.54) is 28.4 Å². The summed E-state index contributed by atoms with van der Waals surface area (Å²) in [4.78, 5) is 28.4. The number of carbonyl (C=O) groups excluding carboxylic acids is 2. The van der Waals surface area contributed by atoms with Gasteiger partial charge in [0.1, 0.15) is 17.3 Å². The molecule has 2 heterocycles. The van der Waals surface area contributed by atoms with Gasteiger partial charge in [0.05, 0.1) is 29.8 Å². The van der Waals surface area contributed by atoms with Gasteiger partial charge in [-0.25, -0.2) is 0 Å². The van der Waals surface area contributed by atoms with Gasteiger partial charge >= 0.3 is 0 Å². The molecule has 0 aliphatic carbocycles. The Bertz CT molecular complexity index is 1190. The number of aromatic hydroxyl groups is 1. The van der Waals surface area contributed by atoms with Crippen molar-refractivity contribution in [1.82, 2.24) is 4.90 Å². The number of aliphatic hydroxyl groups excluding tert-OH is 1. The van der Waals surface area contributed by atoms with Crippen LogP contribution in [-0.4, -0.2) is 33.4 Å². The Morgan fingerprint density at radius 2 is 1.91 bits per heavy atom. The molecule has 1 atom stereocenters. The second kappa shape index (κ2) is 9.06. The average molecular weight is 470 g/mol. The van der Waals surface area contributed by atoms with Crippen LogP contribution in [0, 0.1) is 0 Å². The monoisotopic (exact) mass is 469 g/mol. The van der Waals surface area contributed by atoms with Gasteiger partial charge in [-0.05, 0) is 54.3 Å². The van der Waals surface area contributed by atoms with Crippen molar-refractivity contribution in [3.8, 4) is 11.5 Å². The molecule has 1 amide bonds. The number of halogens is 1. The van der Waals surface area contributed by atoms with Crippen molar-refractivity contribution in [2.75, 3.05) is 6.61 Å². The Balaban J connectivity index is 1.88. The van der Waals surface area contributed by atoms with E-state index in [1.807, 2.05) is 24.4 Å². The molecule has 1 fully saturated rings. The van der Waals surface area contributed by atoms with Gasteiger partial charge in [-0.2, -0.15) is 0 Å². The minimum absolute atomic E-state index is 0.0522. The standard InChI is InChI=1S/C24H20ClNO5S/c1-2-31-16-9-10-19(25)18(12-16)22(28)20-21(14-5-7-15(27)8-6-14)26(24(30)23(20)29)13-17-4-3-11-32-17/h3-12,21,27-28H,2,13H2,1H3/b22-20+. The number of benzene rings is 2. The molecule has 0 saturated carbocycles. The predicted octanol–water partition coefficient (Wildman–Crippen LogP) is 5.13. The molecule has 164 valence electrons. The number of phenols is 1. The molecule has 6 nitrogen and oxygen atoms in total. The third kappa shape index (κ3) is 4.09. The molecule has 32 heavy (non-hydrogen) atoms. The van der Waals surface area contributed by atoms with Crippen LogP contribution in [0.3, 0.4) is 0 Å². The molecule has 8 heteroatoms. The van der Waals surface area contributed by atoms with E-state index in [2.05, 4.69) is 0 Å². The SMILES string of the molecule is CCOc1ccc(Cl)c(/C(O)=C2\C(=O)C(=O)N(Cc3cccs3)C2c2ccc(O)cc2)c1. The zero-order valence-electron chi connectivity index (χ0n) is 17.1. The van der Waals surface area contributed by atoms with Gasteiger partial charge in [0.2, 0.25) is 0 Å². The number of nitrogens with zero attached hydrogens (tertiary/aromatic N) is 1. The van der Waals surface area contributed by atoms with E-state index in [4.69, 9.17) is 16.3 Å². The highest BCUT2D eigenvalue weighted by molar-refractivity contribution is 7.09. The van der Waals surface area contributed by atoms with E-state index in [-0.39, 0.29) is 34.2 Å². The van der Waals surface area contributed by atoms with Crippen LogP contribution >= 0.6 is 22.9 Å². The van der Waals surface area contributed by atoms with Crippen molar-refractivity contribution in [1.29, 1.82) is 0 Å². The number of hydrogen-bond donors (Lipinski definition) is 2. The fourth-order valence-electron chi connectivity index (χ4n) is 3.70. The van der Waals surface area contributed by atoms with Crippen LogP contribution in [0.5, 0.6) is 11.5 Å². The summed E-state index contributed by atoms with van der Waals surface area (Å²) in [6.07, 6.45) is 0. The predicted molar refractivity (Wildman–Crippen MR) is 123 cm³/mol. The Morgan fingerprint density at radius 1 is 1.16 bits per heavy atom. The highest BCUT2D eigenvalue weighted by Crippen LogP contribution is 2.42. The number of amides is 1. The summed E-state index contributed by atoms with van der Waals surface area (Å²) in [6.45, 7) is 2.45. The van der Waals surface area contributed by atoms with E-state index in [9.17, 15) is 19.8 Å². The number of aliphatic hydroxyl groups is 1. The molecule has 3 aromatic rings. The molecule has 4 rings (SSSR count). The lowest BCUT2D eigenvalue weighted by atomic mass is 9.95. The average Bonchev–Trinajstić information content (AvgIpc) is 3.38. The summed E-state index contributed by atoms with van der Waals surface area (Å²) >= 11 is 7.80. The van der Waals surface area contributed by atoms with Crippen molar-refractivity contribution < 1.29 is 24.5 Å². The summed E-state index contributed by atoms with van der Waals surface area (Å²) in [6, 6.07) is 13.9. The fraction of sp³-hybridized carbons (Fsp3) is 0.167. The number of hydrogen-bond acceptors (Lipinski definition) is 6. The second-order valence-corrected chi connectivity index (χ2v) is 8.61. The maximum absolute atomic E-state index is 13.1. The highest BCUT2D eigenvalue weighted by Gasteiger charge is 2.46. The third-order valence-corrected chi connectivity index (χ3v) is 6.35. The van der Waals surface area contributed by atoms with E-state index >= 15 is 0 Å². The lowest BCUT2D eigenvalue weighted by molar-refractivity contribution is -0.140. The Labute approximate surface area is 193 Å². The molecule has 1 aliphatic rings. The molecule has 1 aliphatic heterocycles. The van der Waals surface area contributed by atoms with Crippen LogP contribution in [0.15, 0.2) is 65.6 Å². The minimum atomic E-state index is -0.843. The van der Waals surface area contributed by atoms with Crippen LogP contribution in [-0.2, 0) is 16.1 Å². The molecular weight excluding hydrogens is 450 g/mol. The first-order valence-electron chi connectivity index (χ1n) is 9.93. The van der Waals surface area contributed by atoms with E-state index in [0.717, 1.165) is 4.88 Å². The minimum Gasteiger partial charge on any atom is -0.508 e. The molecule has 1 unspecified atom stereocenters. The summed E-state index contributed by atoms with van der Waals surface area (Å²) in [5.74, 6) is -1.35. The lowest BCUT2D eigenvalue weighted by Crippen LogP contribution is -2.28. The van der Waals surface area contributed by atoms with Gasteiger partial charge in [0.15, 0.2) is 0 Å². The Morgan fingerprint density at radius 3 is 2.56 bits per heavy atom. The van der Waals surface area contributed by atoms with Gasteiger partial charge in [0, 0.05) is 10.4 Å². The number of likely N-dealkylation sites (tertiary alicyclic amines) is 1. The Kier molecular flexibility index (Phi) is 6.21. The first-order valence-corrected chi connectivity index (χ1v) is 11.2. The van der Waals surface area contributed by atoms with Gasteiger partial charge < -0.3 is 19.8 Å².